The van der Waals surface area contributed by atoms with Gasteiger partial charge in [0.2, 0.25) is 41.4 Å². The van der Waals surface area contributed by atoms with Crippen molar-refractivity contribution in [2.45, 2.75) is 175 Å². The number of methoxy groups -OCH3 is 3. The summed E-state index contributed by atoms with van der Waals surface area (Å²) >= 11 is 0. The quantitative estimate of drug-likeness (QED) is 0.0412. The second-order valence-electron chi connectivity index (χ2n) is 22.7. The van der Waals surface area contributed by atoms with Crippen LogP contribution in [0.1, 0.15) is 131 Å². The van der Waals surface area contributed by atoms with Crippen molar-refractivity contribution < 1.29 is 52.6 Å². The van der Waals surface area contributed by atoms with E-state index in [0.29, 0.717) is 70.3 Å². The first-order valence-corrected chi connectivity index (χ1v) is 28.3. The fourth-order valence-electron chi connectivity index (χ4n) is 11.3. The van der Waals surface area contributed by atoms with Crippen LogP contribution in [0.2, 0.25) is 0 Å². The minimum Gasteiger partial charge on any atom is -0.467 e. The minimum absolute atomic E-state index is 0.0475. The molecule has 2 fully saturated rings. The molecule has 0 aliphatic carbocycles. The summed E-state index contributed by atoms with van der Waals surface area (Å²) < 4.78 is 17.1. The maximum atomic E-state index is 14.8. The van der Waals surface area contributed by atoms with Crippen LogP contribution in [-0.2, 0) is 65.5 Å². The lowest BCUT2D eigenvalue weighted by Crippen LogP contribution is -2.60. The number of likely N-dealkylation sites (N-methyl/N-ethyl adjacent to an activating group) is 2. The number of benzene rings is 2. The molecule has 18 heteroatoms. The number of carbonyl (C=O) groups excluding carboxylic acids is 8. The third-order valence-corrected chi connectivity index (χ3v) is 16.0. The average Bonchev–Trinajstić information content (AvgIpc) is 4.02. The summed E-state index contributed by atoms with van der Waals surface area (Å²) in [5.41, 5.74) is 2.36. The lowest BCUT2D eigenvalue weighted by molar-refractivity contribution is -0.149. The number of anilines is 1. The van der Waals surface area contributed by atoms with Crippen molar-refractivity contribution in [2.24, 2.45) is 35.5 Å². The monoisotopic (exact) mass is 1090 g/mol. The zero-order chi connectivity index (χ0) is 58.0. The molecule has 0 spiro atoms. The van der Waals surface area contributed by atoms with Gasteiger partial charge in [0.05, 0.1) is 49.8 Å². The first kappa shape index (κ1) is 64.8. The normalized spacial score (nSPS) is 18.8. The van der Waals surface area contributed by atoms with Crippen LogP contribution in [0.25, 0.3) is 0 Å². The van der Waals surface area contributed by atoms with E-state index in [1.807, 2.05) is 122 Å². The van der Waals surface area contributed by atoms with Crippen LogP contribution in [0, 0.1) is 35.5 Å². The van der Waals surface area contributed by atoms with Crippen molar-refractivity contribution in [3.05, 3.63) is 65.7 Å². The van der Waals surface area contributed by atoms with E-state index in [1.54, 1.807) is 23.8 Å². The van der Waals surface area contributed by atoms with E-state index in [-0.39, 0.29) is 84.3 Å². The highest BCUT2D eigenvalue weighted by atomic mass is 16.5. The average molecular weight is 1090 g/mol. The zero-order valence-corrected chi connectivity index (χ0v) is 49.2. The maximum absolute atomic E-state index is 14.8. The summed E-state index contributed by atoms with van der Waals surface area (Å²) in [6, 6.07) is 13.4. The molecule has 18 nitrogen and oxygen atoms in total. The fourth-order valence-corrected chi connectivity index (χ4v) is 11.3. The van der Waals surface area contributed by atoms with Crippen LogP contribution in [0.3, 0.4) is 0 Å². The Morgan fingerprint density at radius 2 is 1.47 bits per heavy atom. The van der Waals surface area contributed by atoms with Gasteiger partial charge in [-0.25, -0.2) is 4.79 Å². The SMILES string of the molecule is CC[C@H](C)[C@@H]([C@@H](CC(=O)N1CCC[C@H]1[C@H](OC)[C@@H](C)C(=O)N[C@@H](Cc1ccccc1)C(=O)OC)OC)N(C)C(=O)[C@@H](NC(=O)[C@H](C(C)C)N(C)Cc1cccc(NC(=O)CCCCCN2C(=O)CC(C(C)C)C2=O)c1)C(C)C. The Morgan fingerprint density at radius 3 is 2.06 bits per heavy atom. The smallest absolute Gasteiger partial charge is 0.328 e. The van der Waals surface area contributed by atoms with Gasteiger partial charge >= 0.3 is 5.97 Å². The predicted octanol–water partition coefficient (Wildman–Crippen LogP) is 6.63. The fraction of sp³-hybridized carbons (Fsp3) is 0.667. The Kier molecular flexibility index (Phi) is 25.9. The van der Waals surface area contributed by atoms with E-state index in [4.69, 9.17) is 14.2 Å². The number of esters is 1. The summed E-state index contributed by atoms with van der Waals surface area (Å²) in [4.78, 5) is 115. The van der Waals surface area contributed by atoms with Crippen molar-refractivity contribution in [3.8, 4) is 0 Å². The van der Waals surface area contributed by atoms with Gasteiger partial charge in [-0.15, -0.1) is 0 Å². The lowest BCUT2D eigenvalue weighted by atomic mass is 9.89. The van der Waals surface area contributed by atoms with Gasteiger partial charge in [0.1, 0.15) is 12.1 Å². The van der Waals surface area contributed by atoms with Gasteiger partial charge in [-0.05, 0) is 79.7 Å². The second kappa shape index (κ2) is 31.2. The van der Waals surface area contributed by atoms with Crippen LogP contribution < -0.4 is 16.0 Å². The number of unbranched alkanes of at least 4 members (excludes halogenated alkanes) is 2. The number of carbonyl (C=O) groups is 8. The Labute approximate surface area is 464 Å². The molecular formula is C60H93N7O11. The van der Waals surface area contributed by atoms with E-state index in [0.717, 1.165) is 11.1 Å². The predicted molar refractivity (Wildman–Crippen MR) is 300 cm³/mol. The lowest BCUT2D eigenvalue weighted by Gasteiger charge is -2.41. The van der Waals surface area contributed by atoms with E-state index >= 15 is 0 Å². The Morgan fingerprint density at radius 1 is 0.795 bits per heavy atom. The van der Waals surface area contributed by atoms with Gasteiger partial charge in [0.15, 0.2) is 0 Å². The zero-order valence-electron chi connectivity index (χ0n) is 49.2. The summed E-state index contributed by atoms with van der Waals surface area (Å²) in [5.74, 6) is -3.55. The van der Waals surface area contributed by atoms with Crippen molar-refractivity contribution in [3.63, 3.8) is 0 Å². The number of likely N-dealkylation sites (tertiary alicyclic amines) is 2. The molecule has 2 heterocycles. The summed E-state index contributed by atoms with van der Waals surface area (Å²) in [5, 5.41) is 8.97. The molecule has 2 aromatic rings. The van der Waals surface area contributed by atoms with Crippen LogP contribution in [-0.4, -0.2) is 158 Å². The van der Waals surface area contributed by atoms with Gasteiger partial charge < -0.3 is 40.0 Å². The number of ether oxygens (including phenoxy) is 3. The highest BCUT2D eigenvalue weighted by Crippen LogP contribution is 2.31. The van der Waals surface area contributed by atoms with Crippen molar-refractivity contribution in [1.82, 2.24) is 30.2 Å². The van der Waals surface area contributed by atoms with E-state index < -0.39 is 60.2 Å². The molecule has 434 valence electrons. The molecule has 4 rings (SSSR count). The summed E-state index contributed by atoms with van der Waals surface area (Å²) in [6.07, 6.45) is 3.27. The number of hydrogen-bond acceptors (Lipinski definition) is 12. The number of nitrogens with one attached hydrogen (secondary N) is 3. The molecule has 0 aromatic heterocycles. The van der Waals surface area contributed by atoms with Crippen LogP contribution in [0.15, 0.2) is 54.6 Å². The highest BCUT2D eigenvalue weighted by Gasteiger charge is 2.44. The van der Waals surface area contributed by atoms with Gasteiger partial charge in [-0.3, -0.25) is 43.4 Å². The minimum atomic E-state index is -0.922. The molecule has 10 atom stereocenters. The van der Waals surface area contributed by atoms with Gasteiger partial charge in [0.25, 0.3) is 0 Å². The van der Waals surface area contributed by atoms with E-state index in [2.05, 4.69) is 16.0 Å². The Balaban J connectivity index is 1.39. The third-order valence-electron chi connectivity index (χ3n) is 16.0. The van der Waals surface area contributed by atoms with Crippen molar-refractivity contribution in [2.75, 3.05) is 53.8 Å². The van der Waals surface area contributed by atoms with Crippen molar-refractivity contribution in [1.29, 1.82) is 0 Å². The largest absolute Gasteiger partial charge is 0.467 e. The Hall–Kier alpha value is -5.72. The molecule has 1 unspecified atom stereocenters. The molecule has 0 saturated carbocycles. The van der Waals surface area contributed by atoms with Crippen molar-refractivity contribution >= 4 is 53.0 Å². The van der Waals surface area contributed by atoms with Crippen LogP contribution >= 0.6 is 0 Å². The molecule has 2 saturated heterocycles. The summed E-state index contributed by atoms with van der Waals surface area (Å²) in [7, 11) is 7.91. The first-order valence-electron chi connectivity index (χ1n) is 28.3. The third kappa shape index (κ3) is 17.6. The van der Waals surface area contributed by atoms with Crippen LogP contribution in [0.4, 0.5) is 5.69 Å². The topological polar surface area (TPSA) is 213 Å². The van der Waals surface area contributed by atoms with Crippen LogP contribution in [0.5, 0.6) is 0 Å². The molecule has 7 amide bonds. The Bertz CT molecular complexity index is 2310. The molecule has 3 N–H and O–H groups in total. The van der Waals surface area contributed by atoms with Gasteiger partial charge in [-0.2, -0.15) is 0 Å². The molecule has 78 heavy (non-hydrogen) atoms. The second-order valence-corrected chi connectivity index (χ2v) is 22.7. The number of amides is 7. The van der Waals surface area contributed by atoms with Gasteiger partial charge in [-0.1, -0.05) is 118 Å². The number of imide groups is 1. The standard InChI is InChI=1S/C60H93N7O11/c1-15-40(8)54(48(76-12)35-51(70)66-31-23-28-47(66)55(77-13)41(9)56(71)62-46(60(75)78-14)33-42-24-18-16-19-25-42)65(11)59(74)52(38(4)5)63-57(72)53(39(6)7)64(10)36-43-26-22-27-44(32-43)61-49(68)29-20-17-21-30-67-50(69)34-45(37(2)3)58(67)73/h16,18-19,22,24-27,32,37-41,45-48,52-55H,15,17,20-21,23,28-31,33-36H2,1-14H3,(H,61,68)(H,62,71)(H,63,72)/t40-,41+,45?,46-,47-,48+,52-,53-,54-,55+/m0/s1. The van der Waals surface area contributed by atoms with Gasteiger partial charge in [0, 0.05) is 71.8 Å². The molecule has 2 aliphatic heterocycles. The number of hydrogen-bond donors (Lipinski definition) is 3. The first-order chi connectivity index (χ1) is 37.0. The molecule has 2 aromatic carbocycles. The molecule has 0 bridgehead atoms. The molecular weight excluding hydrogens is 995 g/mol. The van der Waals surface area contributed by atoms with E-state index in [9.17, 15) is 38.4 Å². The number of nitrogens with zero attached hydrogens (tertiary/aromatic N) is 4. The molecule has 2 aliphatic rings. The molecule has 0 radical (unpaired) electrons. The number of rotatable bonds is 31. The summed E-state index contributed by atoms with van der Waals surface area (Å²) in [6.45, 7) is 18.6. The highest BCUT2D eigenvalue weighted by molar-refractivity contribution is 6.03. The maximum Gasteiger partial charge on any atom is 0.328 e. The van der Waals surface area contributed by atoms with E-state index in [1.165, 1.54) is 26.2 Å².